The predicted octanol–water partition coefficient (Wildman–Crippen LogP) is 4.92. The zero-order chi connectivity index (χ0) is 33.5. The third-order valence-corrected chi connectivity index (χ3v) is 8.35. The van der Waals surface area contributed by atoms with Gasteiger partial charge in [0.25, 0.3) is 11.5 Å². The standard InChI is InChI=1S/C36H37N3O7S/c1-6-43-26-16-14-25(15-17-26)33-32(35(42)45-8-3)23(5)37-36-39(33)34(41)30(47-36)20-24-13-18-28(29(19-24)44-7-2)46-21-31(40)38-27-12-10-9-11-22(27)4/h9-20,33H,6-8,21H2,1-5H3,(H,38,40)/b30-20+/t33-/m1/s1. The van der Waals surface area contributed by atoms with Crippen LogP contribution in [0, 0.1) is 6.92 Å². The molecule has 0 bridgehead atoms. The highest BCUT2D eigenvalue weighted by Gasteiger charge is 2.33. The van der Waals surface area contributed by atoms with Gasteiger partial charge in [-0.25, -0.2) is 9.79 Å². The number of aryl methyl sites for hydroxylation is 1. The fourth-order valence-corrected chi connectivity index (χ4v) is 6.26. The summed E-state index contributed by atoms with van der Waals surface area (Å²) in [7, 11) is 0. The Morgan fingerprint density at radius 3 is 2.36 bits per heavy atom. The molecule has 4 aromatic rings. The summed E-state index contributed by atoms with van der Waals surface area (Å²) in [5, 5.41) is 2.86. The van der Waals surface area contributed by atoms with Gasteiger partial charge in [-0.1, -0.05) is 47.7 Å². The number of nitrogens with zero attached hydrogens (tertiary/aromatic N) is 2. The Balaban J connectivity index is 1.48. The highest BCUT2D eigenvalue weighted by atomic mass is 32.1. The van der Waals surface area contributed by atoms with Crippen LogP contribution in [-0.2, 0) is 14.3 Å². The lowest BCUT2D eigenvalue weighted by Crippen LogP contribution is -2.39. The fourth-order valence-electron chi connectivity index (χ4n) is 5.22. The van der Waals surface area contributed by atoms with E-state index in [-0.39, 0.29) is 24.7 Å². The number of amides is 1. The third kappa shape index (κ3) is 7.47. The van der Waals surface area contributed by atoms with Crippen LogP contribution in [0.5, 0.6) is 17.2 Å². The van der Waals surface area contributed by atoms with E-state index in [9.17, 15) is 14.4 Å². The molecule has 0 unspecified atom stereocenters. The Hall–Kier alpha value is -5.16. The number of ether oxygens (including phenoxy) is 4. The average Bonchev–Trinajstić information content (AvgIpc) is 3.35. The zero-order valence-corrected chi connectivity index (χ0v) is 27.8. The lowest BCUT2D eigenvalue weighted by molar-refractivity contribution is -0.139. The first-order valence-electron chi connectivity index (χ1n) is 15.4. The first kappa shape index (κ1) is 33.2. The number of esters is 1. The van der Waals surface area contributed by atoms with E-state index in [0.29, 0.717) is 56.6 Å². The second-order valence-electron chi connectivity index (χ2n) is 10.6. The Morgan fingerprint density at radius 1 is 0.915 bits per heavy atom. The Bertz CT molecular complexity index is 1990. The van der Waals surface area contributed by atoms with E-state index in [1.807, 2.05) is 69.3 Å². The molecule has 11 heteroatoms. The molecular weight excluding hydrogens is 618 g/mol. The lowest BCUT2D eigenvalue weighted by Gasteiger charge is -2.24. The number of carbonyl (C=O) groups excluding carboxylic acids is 2. The number of carbonyl (C=O) groups is 2. The highest BCUT2D eigenvalue weighted by Crippen LogP contribution is 2.32. The van der Waals surface area contributed by atoms with E-state index in [4.69, 9.17) is 18.9 Å². The van der Waals surface area contributed by atoms with E-state index >= 15 is 0 Å². The van der Waals surface area contributed by atoms with Crippen LogP contribution in [0.4, 0.5) is 5.69 Å². The third-order valence-electron chi connectivity index (χ3n) is 7.37. The average molecular weight is 656 g/mol. The van der Waals surface area contributed by atoms with Crippen LogP contribution in [-0.4, -0.2) is 42.9 Å². The molecule has 244 valence electrons. The summed E-state index contributed by atoms with van der Waals surface area (Å²) in [5.41, 5.74) is 3.58. The number of thiazole rings is 1. The van der Waals surface area contributed by atoms with Crippen molar-refractivity contribution in [2.45, 2.75) is 40.7 Å². The molecule has 10 nitrogen and oxygen atoms in total. The van der Waals surface area contributed by atoms with Crippen molar-refractivity contribution in [3.8, 4) is 17.2 Å². The molecule has 0 radical (unpaired) electrons. The van der Waals surface area contributed by atoms with Crippen LogP contribution in [0.25, 0.3) is 6.08 Å². The van der Waals surface area contributed by atoms with Gasteiger partial charge in [0.2, 0.25) is 0 Å². The monoisotopic (exact) mass is 655 g/mol. The molecule has 1 aliphatic rings. The molecule has 0 saturated heterocycles. The van der Waals surface area contributed by atoms with Gasteiger partial charge in [-0.2, -0.15) is 0 Å². The molecule has 0 aliphatic carbocycles. The maximum atomic E-state index is 14.0. The van der Waals surface area contributed by atoms with Crippen molar-refractivity contribution in [3.05, 3.63) is 114 Å². The van der Waals surface area contributed by atoms with Crippen LogP contribution in [0.3, 0.4) is 0 Å². The van der Waals surface area contributed by atoms with E-state index < -0.39 is 12.0 Å². The molecule has 1 amide bonds. The van der Waals surface area contributed by atoms with E-state index in [2.05, 4.69) is 10.3 Å². The topological polar surface area (TPSA) is 117 Å². The molecule has 3 aromatic carbocycles. The molecular formula is C36H37N3O7S. The maximum Gasteiger partial charge on any atom is 0.338 e. The summed E-state index contributed by atoms with van der Waals surface area (Å²) in [5.74, 6) is 0.699. The summed E-state index contributed by atoms with van der Waals surface area (Å²) in [6.45, 7) is 10.0. The molecule has 1 N–H and O–H groups in total. The van der Waals surface area contributed by atoms with Gasteiger partial charge >= 0.3 is 5.97 Å². The molecule has 5 rings (SSSR count). The predicted molar refractivity (Wildman–Crippen MR) is 181 cm³/mol. The zero-order valence-electron chi connectivity index (χ0n) is 27.0. The van der Waals surface area contributed by atoms with E-state index in [1.165, 1.54) is 11.3 Å². The summed E-state index contributed by atoms with van der Waals surface area (Å²) in [6.07, 6.45) is 1.75. The van der Waals surface area contributed by atoms with Crippen LogP contribution < -0.4 is 34.4 Å². The van der Waals surface area contributed by atoms with Crippen molar-refractivity contribution < 1.29 is 28.5 Å². The van der Waals surface area contributed by atoms with Gasteiger partial charge in [-0.15, -0.1) is 0 Å². The minimum atomic E-state index is -0.733. The molecule has 47 heavy (non-hydrogen) atoms. The number of para-hydroxylation sites is 1. The van der Waals surface area contributed by atoms with Crippen LogP contribution in [0.15, 0.2) is 87.8 Å². The number of allylic oxidation sites excluding steroid dienone is 1. The number of fused-ring (bicyclic) bond motifs is 1. The number of aromatic nitrogens is 1. The van der Waals surface area contributed by atoms with Gasteiger partial charge in [0, 0.05) is 5.69 Å². The minimum absolute atomic E-state index is 0.190. The van der Waals surface area contributed by atoms with Gasteiger partial charge in [0.1, 0.15) is 5.75 Å². The smallest absolute Gasteiger partial charge is 0.338 e. The lowest BCUT2D eigenvalue weighted by atomic mass is 9.96. The van der Waals surface area contributed by atoms with Crippen molar-refractivity contribution in [2.75, 3.05) is 31.7 Å². The molecule has 0 saturated carbocycles. The second kappa shape index (κ2) is 15.0. The molecule has 1 aliphatic heterocycles. The first-order chi connectivity index (χ1) is 22.7. The molecule has 2 heterocycles. The summed E-state index contributed by atoms with van der Waals surface area (Å²) < 4.78 is 24.6. The van der Waals surface area contributed by atoms with Crippen LogP contribution >= 0.6 is 11.3 Å². The molecule has 0 fully saturated rings. The van der Waals surface area contributed by atoms with Gasteiger partial charge < -0.3 is 24.3 Å². The van der Waals surface area contributed by atoms with Gasteiger partial charge in [0.05, 0.1) is 41.7 Å². The largest absolute Gasteiger partial charge is 0.494 e. The van der Waals surface area contributed by atoms with Crippen molar-refractivity contribution in [1.29, 1.82) is 0 Å². The minimum Gasteiger partial charge on any atom is -0.494 e. The summed E-state index contributed by atoms with van der Waals surface area (Å²) in [6, 6.07) is 19.4. The van der Waals surface area contributed by atoms with Crippen LogP contribution in [0.2, 0.25) is 0 Å². The quantitative estimate of drug-likeness (QED) is 0.215. The first-order valence-corrected chi connectivity index (χ1v) is 16.2. The fraction of sp³-hybridized carbons (Fsp3) is 0.278. The van der Waals surface area contributed by atoms with Gasteiger partial charge in [0.15, 0.2) is 22.9 Å². The van der Waals surface area contributed by atoms with Crippen molar-refractivity contribution in [3.63, 3.8) is 0 Å². The Kier molecular flexibility index (Phi) is 10.6. The van der Waals surface area contributed by atoms with Crippen LogP contribution in [0.1, 0.15) is 50.4 Å². The summed E-state index contributed by atoms with van der Waals surface area (Å²) in [4.78, 5) is 44.9. The van der Waals surface area contributed by atoms with Gasteiger partial charge in [-0.3, -0.25) is 14.2 Å². The second-order valence-corrected chi connectivity index (χ2v) is 11.6. The molecule has 1 aromatic heterocycles. The number of rotatable bonds is 12. The Labute approximate surface area is 276 Å². The normalized spacial score (nSPS) is 14.2. The van der Waals surface area contributed by atoms with E-state index in [1.54, 1.807) is 42.7 Å². The number of hydrogen-bond acceptors (Lipinski definition) is 9. The SMILES string of the molecule is CCOC(=O)C1=C(C)N=c2s/c(=C/c3ccc(OCC(=O)Nc4ccccc4C)c(OCC)c3)c(=O)n2[C@@H]1c1ccc(OCC)cc1. The van der Waals surface area contributed by atoms with E-state index in [0.717, 1.165) is 16.8 Å². The number of anilines is 1. The number of benzene rings is 3. The highest BCUT2D eigenvalue weighted by molar-refractivity contribution is 7.07. The Morgan fingerprint density at radius 2 is 1.66 bits per heavy atom. The molecule has 0 spiro atoms. The van der Waals surface area contributed by atoms with Gasteiger partial charge in [-0.05, 0) is 87.7 Å². The van der Waals surface area contributed by atoms with Crippen molar-refractivity contribution >= 4 is 35.0 Å². The number of hydrogen-bond donors (Lipinski definition) is 1. The van der Waals surface area contributed by atoms with Crippen molar-refractivity contribution in [2.24, 2.45) is 4.99 Å². The maximum absolute atomic E-state index is 14.0. The molecule has 1 atom stereocenters. The summed E-state index contributed by atoms with van der Waals surface area (Å²) >= 11 is 1.23. The number of nitrogens with one attached hydrogen (secondary N) is 1. The van der Waals surface area contributed by atoms with Crippen molar-refractivity contribution in [1.82, 2.24) is 4.57 Å².